The van der Waals surface area contributed by atoms with Gasteiger partial charge in [0, 0.05) is 19.6 Å². The molecule has 3 atom stereocenters. The van der Waals surface area contributed by atoms with Gasteiger partial charge in [0.05, 0.1) is 12.0 Å². The zero-order chi connectivity index (χ0) is 18.5. The summed E-state index contributed by atoms with van der Waals surface area (Å²) in [5, 5.41) is 5.66. The summed E-state index contributed by atoms with van der Waals surface area (Å²) in [5.74, 6) is -0.727. The van der Waals surface area contributed by atoms with Crippen LogP contribution in [-0.4, -0.2) is 54.5 Å². The van der Waals surface area contributed by atoms with Gasteiger partial charge >= 0.3 is 0 Å². The van der Waals surface area contributed by atoms with Crippen LogP contribution in [0, 0.1) is 5.92 Å². The number of nitrogens with one attached hydrogen (secondary N) is 2. The minimum absolute atomic E-state index is 0.0250. The van der Waals surface area contributed by atoms with Crippen molar-refractivity contribution >= 4 is 17.7 Å². The standard InChI is InChI=1S/C19H25N3O4/c1-13-17(19(25)21-10-15-8-5-9-20-18(15)24)22(16(23)12-26-13)11-14-6-3-2-4-7-14/h2-4,6-7,13,15,17H,5,8-12H2,1H3,(H,20,24)(H,21,25)/t13-,15?,17+/m1/s1. The fraction of sp³-hybridized carbons (Fsp3) is 0.526. The third kappa shape index (κ3) is 4.22. The van der Waals surface area contributed by atoms with Crippen LogP contribution in [0.5, 0.6) is 0 Å². The van der Waals surface area contributed by atoms with E-state index in [1.807, 2.05) is 30.3 Å². The van der Waals surface area contributed by atoms with Gasteiger partial charge in [-0.3, -0.25) is 14.4 Å². The number of hydrogen-bond acceptors (Lipinski definition) is 4. The van der Waals surface area contributed by atoms with Gasteiger partial charge in [-0.15, -0.1) is 0 Å². The molecule has 0 radical (unpaired) electrons. The molecule has 2 aliphatic rings. The number of amides is 3. The van der Waals surface area contributed by atoms with Crippen molar-refractivity contribution in [2.24, 2.45) is 5.92 Å². The Morgan fingerprint density at radius 2 is 2.08 bits per heavy atom. The van der Waals surface area contributed by atoms with Crippen molar-refractivity contribution in [3.8, 4) is 0 Å². The molecule has 2 aliphatic heterocycles. The first-order chi connectivity index (χ1) is 12.6. The van der Waals surface area contributed by atoms with Gasteiger partial charge in [-0.1, -0.05) is 30.3 Å². The van der Waals surface area contributed by atoms with Crippen molar-refractivity contribution in [3.05, 3.63) is 35.9 Å². The van der Waals surface area contributed by atoms with Crippen molar-refractivity contribution in [3.63, 3.8) is 0 Å². The van der Waals surface area contributed by atoms with Crippen LogP contribution in [0.2, 0.25) is 0 Å². The van der Waals surface area contributed by atoms with Crippen molar-refractivity contribution in [2.75, 3.05) is 19.7 Å². The number of benzene rings is 1. The molecule has 0 bridgehead atoms. The molecule has 2 N–H and O–H groups in total. The van der Waals surface area contributed by atoms with Crippen LogP contribution >= 0.6 is 0 Å². The van der Waals surface area contributed by atoms with Gasteiger partial charge in [0.15, 0.2) is 0 Å². The van der Waals surface area contributed by atoms with E-state index >= 15 is 0 Å². The molecule has 2 heterocycles. The topological polar surface area (TPSA) is 87.7 Å². The predicted molar refractivity (Wildman–Crippen MR) is 94.9 cm³/mol. The summed E-state index contributed by atoms with van der Waals surface area (Å²) in [6, 6.07) is 8.86. The van der Waals surface area contributed by atoms with Gasteiger partial charge in [-0.25, -0.2) is 0 Å². The Morgan fingerprint density at radius 3 is 2.81 bits per heavy atom. The van der Waals surface area contributed by atoms with E-state index in [1.165, 1.54) is 0 Å². The molecule has 140 valence electrons. The zero-order valence-corrected chi connectivity index (χ0v) is 14.9. The Hall–Kier alpha value is -2.41. The number of hydrogen-bond donors (Lipinski definition) is 2. The van der Waals surface area contributed by atoms with Gasteiger partial charge in [0.1, 0.15) is 12.6 Å². The number of ether oxygens (including phenoxy) is 1. The lowest BCUT2D eigenvalue weighted by molar-refractivity contribution is -0.163. The first-order valence-corrected chi connectivity index (χ1v) is 9.06. The Balaban J connectivity index is 1.67. The summed E-state index contributed by atoms with van der Waals surface area (Å²) < 4.78 is 5.47. The zero-order valence-electron chi connectivity index (χ0n) is 14.9. The second-order valence-corrected chi connectivity index (χ2v) is 6.84. The minimum Gasteiger partial charge on any atom is -0.366 e. The van der Waals surface area contributed by atoms with Gasteiger partial charge < -0.3 is 20.3 Å². The summed E-state index contributed by atoms with van der Waals surface area (Å²) in [6.45, 7) is 3.09. The largest absolute Gasteiger partial charge is 0.366 e. The highest BCUT2D eigenvalue weighted by molar-refractivity contribution is 5.90. The van der Waals surface area contributed by atoms with Gasteiger partial charge in [0.2, 0.25) is 17.7 Å². The van der Waals surface area contributed by atoms with Crippen LogP contribution in [0.15, 0.2) is 30.3 Å². The average molecular weight is 359 g/mol. The molecule has 2 saturated heterocycles. The average Bonchev–Trinajstić information content (AvgIpc) is 2.65. The summed E-state index contributed by atoms with van der Waals surface area (Å²) >= 11 is 0. The molecule has 0 aromatic heterocycles. The van der Waals surface area contributed by atoms with Crippen molar-refractivity contribution < 1.29 is 19.1 Å². The lowest BCUT2D eigenvalue weighted by Gasteiger charge is -2.39. The maximum atomic E-state index is 12.8. The van der Waals surface area contributed by atoms with E-state index in [2.05, 4.69) is 10.6 Å². The molecule has 1 aromatic carbocycles. The molecule has 3 rings (SSSR count). The first-order valence-electron chi connectivity index (χ1n) is 9.06. The number of rotatable bonds is 5. The van der Waals surface area contributed by atoms with E-state index in [0.29, 0.717) is 13.1 Å². The molecule has 2 fully saturated rings. The summed E-state index contributed by atoms with van der Waals surface area (Å²) in [4.78, 5) is 38.6. The summed E-state index contributed by atoms with van der Waals surface area (Å²) in [5.41, 5.74) is 0.958. The maximum Gasteiger partial charge on any atom is 0.249 e. The smallest absolute Gasteiger partial charge is 0.249 e. The Morgan fingerprint density at radius 1 is 1.31 bits per heavy atom. The predicted octanol–water partition coefficient (Wildman–Crippen LogP) is 0.445. The normalized spacial score (nSPS) is 26.3. The minimum atomic E-state index is -0.705. The van der Waals surface area contributed by atoms with Crippen LogP contribution in [0.4, 0.5) is 0 Å². The molecule has 0 saturated carbocycles. The highest BCUT2D eigenvalue weighted by atomic mass is 16.5. The fourth-order valence-electron chi connectivity index (χ4n) is 3.47. The third-order valence-electron chi connectivity index (χ3n) is 4.96. The molecule has 3 amide bonds. The van der Waals surface area contributed by atoms with Crippen LogP contribution in [-0.2, 0) is 25.7 Å². The summed E-state index contributed by atoms with van der Waals surface area (Å²) in [7, 11) is 0. The lowest BCUT2D eigenvalue weighted by Crippen LogP contribution is -2.60. The molecule has 1 unspecified atom stereocenters. The van der Waals surface area contributed by atoms with E-state index in [1.54, 1.807) is 11.8 Å². The molecule has 0 aliphatic carbocycles. The number of morpholine rings is 1. The van der Waals surface area contributed by atoms with Crippen LogP contribution in [0.1, 0.15) is 25.3 Å². The molecule has 1 aromatic rings. The van der Waals surface area contributed by atoms with E-state index in [4.69, 9.17) is 4.74 Å². The van der Waals surface area contributed by atoms with Gasteiger partial charge in [-0.05, 0) is 25.3 Å². The first kappa shape index (κ1) is 18.4. The van der Waals surface area contributed by atoms with Gasteiger partial charge in [0.25, 0.3) is 0 Å². The van der Waals surface area contributed by atoms with E-state index < -0.39 is 12.1 Å². The Bertz CT molecular complexity index is 664. The Labute approximate surface area is 153 Å². The van der Waals surface area contributed by atoms with Crippen LogP contribution in [0.25, 0.3) is 0 Å². The van der Waals surface area contributed by atoms with E-state index in [0.717, 1.165) is 18.4 Å². The second-order valence-electron chi connectivity index (χ2n) is 6.84. The van der Waals surface area contributed by atoms with E-state index in [-0.39, 0.29) is 36.8 Å². The molecule has 0 spiro atoms. The molecule has 7 nitrogen and oxygen atoms in total. The Kier molecular flexibility index (Phi) is 5.88. The maximum absolute atomic E-state index is 12.8. The lowest BCUT2D eigenvalue weighted by atomic mass is 9.98. The number of nitrogens with zero attached hydrogens (tertiary/aromatic N) is 1. The molecular weight excluding hydrogens is 334 g/mol. The fourth-order valence-corrected chi connectivity index (χ4v) is 3.47. The van der Waals surface area contributed by atoms with Gasteiger partial charge in [-0.2, -0.15) is 0 Å². The SMILES string of the molecule is C[C@H]1OCC(=O)N(Cc2ccccc2)[C@@H]1C(=O)NCC1CCCNC1=O. The molecular formula is C19H25N3O4. The summed E-state index contributed by atoms with van der Waals surface area (Å²) in [6.07, 6.45) is 1.26. The number of piperidine rings is 1. The number of carbonyl (C=O) groups is 3. The highest BCUT2D eigenvalue weighted by Gasteiger charge is 2.39. The quantitative estimate of drug-likeness (QED) is 0.799. The van der Waals surface area contributed by atoms with Crippen molar-refractivity contribution in [1.29, 1.82) is 0 Å². The van der Waals surface area contributed by atoms with Crippen molar-refractivity contribution in [1.82, 2.24) is 15.5 Å². The van der Waals surface area contributed by atoms with Crippen molar-refractivity contribution in [2.45, 2.75) is 38.5 Å². The highest BCUT2D eigenvalue weighted by Crippen LogP contribution is 2.19. The molecule has 7 heteroatoms. The molecule has 26 heavy (non-hydrogen) atoms. The van der Waals surface area contributed by atoms with Crippen LogP contribution in [0.3, 0.4) is 0 Å². The van der Waals surface area contributed by atoms with Crippen LogP contribution < -0.4 is 10.6 Å². The van der Waals surface area contributed by atoms with E-state index in [9.17, 15) is 14.4 Å². The number of carbonyl (C=O) groups excluding carboxylic acids is 3. The monoisotopic (exact) mass is 359 g/mol. The third-order valence-corrected chi connectivity index (χ3v) is 4.96. The second kappa shape index (κ2) is 8.31.